The number of carbonyl (C=O) groups is 2. The third kappa shape index (κ3) is 10.2. The van der Waals surface area contributed by atoms with Crippen LogP contribution in [0.2, 0.25) is 0 Å². The molecule has 0 amide bonds. The second kappa shape index (κ2) is 13.5. The highest BCUT2D eigenvalue weighted by atomic mass is 19.4. The van der Waals surface area contributed by atoms with Crippen molar-refractivity contribution in [3.63, 3.8) is 0 Å². The van der Waals surface area contributed by atoms with E-state index in [-0.39, 0.29) is 6.42 Å². The molecule has 0 unspecified atom stereocenters. The number of halogens is 3. The first-order valence-corrected chi connectivity index (χ1v) is 11.3. The number of rotatable bonds is 9. The molecule has 190 valence electrons. The van der Waals surface area contributed by atoms with Gasteiger partial charge in [-0.3, -0.25) is 9.69 Å². The summed E-state index contributed by atoms with van der Waals surface area (Å²) in [4.78, 5) is 21.8. The molecule has 35 heavy (non-hydrogen) atoms. The van der Waals surface area contributed by atoms with E-state index >= 15 is 0 Å². The number of nitrogens with zero attached hydrogens (tertiary/aromatic N) is 1. The summed E-state index contributed by atoms with van der Waals surface area (Å²) in [5, 5.41) is 15.9. The van der Waals surface area contributed by atoms with E-state index in [0.717, 1.165) is 44.7 Å². The maximum atomic E-state index is 10.7. The van der Waals surface area contributed by atoms with E-state index in [0.29, 0.717) is 6.54 Å². The lowest BCUT2D eigenvalue weighted by Gasteiger charge is -2.26. The number of aryl methyl sites for hydroxylation is 2. The first kappa shape index (κ1) is 27.9. The van der Waals surface area contributed by atoms with Crippen LogP contribution in [-0.2, 0) is 16.0 Å². The molecule has 2 aromatic carbocycles. The van der Waals surface area contributed by atoms with Crippen LogP contribution in [0.3, 0.4) is 0 Å². The second-order valence-corrected chi connectivity index (χ2v) is 8.14. The minimum Gasteiger partial charge on any atom is -0.494 e. The van der Waals surface area contributed by atoms with Crippen molar-refractivity contribution >= 4 is 17.5 Å². The van der Waals surface area contributed by atoms with Crippen molar-refractivity contribution in [1.29, 1.82) is 0 Å². The molecule has 0 bridgehead atoms. The smallest absolute Gasteiger partial charge is 0.490 e. The molecule has 0 saturated heterocycles. The normalized spacial score (nSPS) is 13.9. The average molecular weight is 494 g/mol. The Morgan fingerprint density at radius 2 is 1.77 bits per heavy atom. The van der Waals surface area contributed by atoms with Crippen LogP contribution >= 0.6 is 0 Å². The predicted octanol–water partition coefficient (Wildman–Crippen LogP) is 5.20. The van der Waals surface area contributed by atoms with Gasteiger partial charge in [0.1, 0.15) is 5.75 Å². The molecule has 6 nitrogen and oxygen atoms in total. The first-order chi connectivity index (χ1) is 16.6. The van der Waals surface area contributed by atoms with Crippen LogP contribution < -0.4 is 4.74 Å². The Hall–Kier alpha value is -3.33. The standard InChI is InChI=1S/C24H29NO3.C2HF3O2/c1-19-18-22(28-17-5-8-20-6-3-2-4-7-20)9-10-23(19)21-11-14-25(15-12-21)16-13-24(26)27;3-2(4,5)1(6)7/h2-4,6-7,9-11,18H,5,8,12-17H2,1H3,(H,26,27);(H,6,7). The van der Waals surface area contributed by atoms with Crippen LogP contribution in [0.5, 0.6) is 5.75 Å². The van der Waals surface area contributed by atoms with Gasteiger partial charge in [-0.05, 0) is 60.6 Å². The van der Waals surface area contributed by atoms with E-state index < -0.39 is 18.1 Å². The topological polar surface area (TPSA) is 87.1 Å². The number of hydrogen-bond donors (Lipinski definition) is 2. The minimum atomic E-state index is -5.08. The molecule has 1 heterocycles. The molecule has 2 N–H and O–H groups in total. The van der Waals surface area contributed by atoms with E-state index in [1.807, 2.05) is 6.07 Å². The maximum absolute atomic E-state index is 10.7. The van der Waals surface area contributed by atoms with Crippen molar-refractivity contribution in [3.8, 4) is 5.75 Å². The zero-order valence-corrected chi connectivity index (χ0v) is 19.6. The van der Waals surface area contributed by atoms with Gasteiger partial charge < -0.3 is 14.9 Å². The Balaban J connectivity index is 0.000000540. The third-order valence-electron chi connectivity index (χ3n) is 5.44. The summed E-state index contributed by atoms with van der Waals surface area (Å²) in [5.41, 5.74) is 5.19. The van der Waals surface area contributed by atoms with E-state index in [4.69, 9.17) is 19.7 Å². The van der Waals surface area contributed by atoms with E-state index in [2.05, 4.69) is 60.4 Å². The number of carboxylic acid groups (broad SMARTS) is 2. The number of aliphatic carboxylic acids is 2. The van der Waals surface area contributed by atoms with Gasteiger partial charge in [0.05, 0.1) is 13.0 Å². The Morgan fingerprint density at radius 3 is 2.31 bits per heavy atom. The van der Waals surface area contributed by atoms with Crippen molar-refractivity contribution < 1.29 is 37.7 Å². The quantitative estimate of drug-likeness (QED) is 0.467. The Kier molecular flexibility index (Phi) is 10.8. The number of benzene rings is 2. The molecule has 0 spiro atoms. The second-order valence-electron chi connectivity index (χ2n) is 8.14. The molecule has 0 saturated carbocycles. The maximum Gasteiger partial charge on any atom is 0.490 e. The van der Waals surface area contributed by atoms with Crippen LogP contribution in [0, 0.1) is 6.92 Å². The van der Waals surface area contributed by atoms with Crippen molar-refractivity contribution in [2.24, 2.45) is 0 Å². The number of ether oxygens (including phenoxy) is 1. The van der Waals surface area contributed by atoms with Crippen LogP contribution in [0.15, 0.2) is 54.6 Å². The van der Waals surface area contributed by atoms with Crippen molar-refractivity contribution in [3.05, 3.63) is 71.3 Å². The van der Waals surface area contributed by atoms with Gasteiger partial charge >= 0.3 is 18.1 Å². The van der Waals surface area contributed by atoms with E-state index in [1.165, 1.54) is 22.3 Å². The molecule has 2 aromatic rings. The summed E-state index contributed by atoms with van der Waals surface area (Å²) in [6, 6.07) is 16.8. The minimum absolute atomic E-state index is 0.207. The zero-order valence-electron chi connectivity index (χ0n) is 19.6. The highest BCUT2D eigenvalue weighted by Gasteiger charge is 2.38. The van der Waals surface area contributed by atoms with Crippen LogP contribution in [0.4, 0.5) is 13.2 Å². The molecule has 9 heteroatoms. The third-order valence-corrected chi connectivity index (χ3v) is 5.44. The fourth-order valence-electron chi connectivity index (χ4n) is 3.61. The Bertz CT molecular complexity index is 1010. The molecule has 0 aliphatic carbocycles. The highest BCUT2D eigenvalue weighted by Crippen LogP contribution is 2.28. The molecule has 3 rings (SSSR count). The molecule has 1 aliphatic rings. The van der Waals surface area contributed by atoms with Gasteiger partial charge in [0.2, 0.25) is 0 Å². The van der Waals surface area contributed by atoms with Gasteiger partial charge in [0.25, 0.3) is 0 Å². The molecule has 1 aliphatic heterocycles. The fraction of sp³-hybridized carbons (Fsp3) is 0.385. The van der Waals surface area contributed by atoms with Crippen molar-refractivity contribution in [1.82, 2.24) is 4.90 Å². The lowest BCUT2D eigenvalue weighted by molar-refractivity contribution is -0.192. The first-order valence-electron chi connectivity index (χ1n) is 11.3. The van der Waals surface area contributed by atoms with Crippen molar-refractivity contribution in [2.45, 2.75) is 38.8 Å². The molecule has 0 fully saturated rings. The number of carboxylic acids is 2. The summed E-state index contributed by atoms with van der Waals surface area (Å²) >= 11 is 0. The van der Waals surface area contributed by atoms with Gasteiger partial charge in [-0.25, -0.2) is 4.79 Å². The molecular weight excluding hydrogens is 463 g/mol. The Morgan fingerprint density at radius 1 is 1.09 bits per heavy atom. The monoisotopic (exact) mass is 493 g/mol. The number of alkyl halides is 3. The fourth-order valence-corrected chi connectivity index (χ4v) is 3.61. The van der Waals surface area contributed by atoms with E-state index in [9.17, 15) is 18.0 Å². The average Bonchev–Trinajstić information content (AvgIpc) is 2.81. The van der Waals surface area contributed by atoms with Crippen molar-refractivity contribution in [2.75, 3.05) is 26.2 Å². The van der Waals surface area contributed by atoms with Gasteiger partial charge in [0.15, 0.2) is 0 Å². The number of hydrogen-bond acceptors (Lipinski definition) is 4. The van der Waals surface area contributed by atoms with Gasteiger partial charge in [0, 0.05) is 19.6 Å². The lowest BCUT2D eigenvalue weighted by atomic mass is 9.95. The molecule has 0 aromatic heterocycles. The zero-order chi connectivity index (χ0) is 25.8. The summed E-state index contributed by atoms with van der Waals surface area (Å²) < 4.78 is 37.7. The summed E-state index contributed by atoms with van der Waals surface area (Å²) in [7, 11) is 0. The van der Waals surface area contributed by atoms with E-state index in [1.54, 1.807) is 0 Å². The summed E-state index contributed by atoms with van der Waals surface area (Å²) in [6.45, 7) is 5.20. The van der Waals surface area contributed by atoms with Gasteiger partial charge in [-0.2, -0.15) is 13.2 Å². The summed E-state index contributed by atoms with van der Waals surface area (Å²) in [5.74, 6) is -2.56. The van der Waals surface area contributed by atoms with Crippen LogP contribution in [0.1, 0.15) is 36.0 Å². The predicted molar refractivity (Wildman–Crippen MR) is 126 cm³/mol. The SMILES string of the molecule is Cc1cc(OCCCc2ccccc2)ccc1C1=CCN(CCC(=O)O)CC1.O=C(O)C(F)(F)F. The van der Waals surface area contributed by atoms with Gasteiger partial charge in [-0.15, -0.1) is 0 Å². The largest absolute Gasteiger partial charge is 0.494 e. The lowest BCUT2D eigenvalue weighted by Crippen LogP contribution is -2.30. The van der Waals surface area contributed by atoms with Crippen LogP contribution in [0.25, 0.3) is 5.57 Å². The van der Waals surface area contributed by atoms with Crippen LogP contribution in [-0.4, -0.2) is 59.5 Å². The Labute approximate surface area is 202 Å². The summed E-state index contributed by atoms with van der Waals surface area (Å²) in [6.07, 6.45) is 0.343. The van der Waals surface area contributed by atoms with Gasteiger partial charge in [-0.1, -0.05) is 42.5 Å². The molecule has 0 radical (unpaired) electrons. The highest BCUT2D eigenvalue weighted by molar-refractivity contribution is 5.73. The molecule has 0 atom stereocenters. The molecular formula is C26H30F3NO5.